The van der Waals surface area contributed by atoms with E-state index in [4.69, 9.17) is 10.5 Å². The minimum Gasteiger partial charge on any atom is -0.497 e. The Balaban J connectivity index is 1.99. The summed E-state index contributed by atoms with van der Waals surface area (Å²) in [4.78, 5) is 2.25. The maximum absolute atomic E-state index is 13.7. The lowest BCUT2D eigenvalue weighted by Crippen LogP contribution is -2.23. The van der Waals surface area contributed by atoms with Crippen molar-refractivity contribution in [3.8, 4) is 5.75 Å². The van der Waals surface area contributed by atoms with Crippen LogP contribution in [0.2, 0.25) is 0 Å². The van der Waals surface area contributed by atoms with Crippen molar-refractivity contribution in [2.75, 3.05) is 26.7 Å². The van der Waals surface area contributed by atoms with Crippen molar-refractivity contribution < 1.29 is 9.13 Å². The zero-order chi connectivity index (χ0) is 12.3. The van der Waals surface area contributed by atoms with Gasteiger partial charge < -0.3 is 10.5 Å². The van der Waals surface area contributed by atoms with E-state index in [0.717, 1.165) is 31.6 Å². The normalized spacial score (nSPS) is 20.8. The number of benzene rings is 1. The van der Waals surface area contributed by atoms with Crippen LogP contribution in [-0.2, 0) is 6.54 Å². The van der Waals surface area contributed by atoms with Crippen LogP contribution in [0, 0.1) is 11.7 Å². The summed E-state index contributed by atoms with van der Waals surface area (Å²) in [6.45, 7) is 3.36. The van der Waals surface area contributed by atoms with Crippen LogP contribution in [0.25, 0.3) is 0 Å². The molecule has 94 valence electrons. The first-order valence-electron chi connectivity index (χ1n) is 5.97. The Morgan fingerprint density at radius 1 is 1.53 bits per heavy atom. The fourth-order valence-corrected chi connectivity index (χ4v) is 2.27. The van der Waals surface area contributed by atoms with Gasteiger partial charge in [-0.1, -0.05) is 6.07 Å². The summed E-state index contributed by atoms with van der Waals surface area (Å²) in [5, 5.41) is 0. The first-order valence-corrected chi connectivity index (χ1v) is 5.97. The largest absolute Gasteiger partial charge is 0.497 e. The van der Waals surface area contributed by atoms with Gasteiger partial charge in [0.25, 0.3) is 0 Å². The molecule has 0 spiro atoms. The number of likely N-dealkylation sites (tertiary alicyclic amines) is 1. The SMILES string of the molecule is COc1ccc(CN2CCC(CN)C2)c(F)c1. The number of ether oxygens (including phenoxy) is 1. The summed E-state index contributed by atoms with van der Waals surface area (Å²) in [5.74, 6) is 0.935. The average molecular weight is 238 g/mol. The van der Waals surface area contributed by atoms with Crippen molar-refractivity contribution >= 4 is 0 Å². The number of hydrogen-bond donors (Lipinski definition) is 1. The highest BCUT2D eigenvalue weighted by Gasteiger charge is 2.21. The second-order valence-corrected chi connectivity index (χ2v) is 4.58. The standard InChI is InChI=1S/C13H19FN2O/c1-17-12-3-2-11(13(14)6-12)9-16-5-4-10(7-15)8-16/h2-3,6,10H,4-5,7-9,15H2,1H3. The molecule has 1 aliphatic rings. The van der Waals surface area contributed by atoms with Crippen LogP contribution in [-0.4, -0.2) is 31.6 Å². The lowest BCUT2D eigenvalue weighted by molar-refractivity contribution is 0.312. The van der Waals surface area contributed by atoms with Crippen LogP contribution >= 0.6 is 0 Å². The molecule has 0 aromatic heterocycles. The van der Waals surface area contributed by atoms with Gasteiger partial charge in [0.2, 0.25) is 0 Å². The van der Waals surface area contributed by atoms with Crippen LogP contribution in [0.3, 0.4) is 0 Å². The van der Waals surface area contributed by atoms with E-state index in [1.54, 1.807) is 19.2 Å². The number of nitrogens with zero attached hydrogens (tertiary/aromatic N) is 1. The van der Waals surface area contributed by atoms with E-state index in [-0.39, 0.29) is 5.82 Å². The third-order valence-corrected chi connectivity index (χ3v) is 3.36. The lowest BCUT2D eigenvalue weighted by Gasteiger charge is -2.16. The van der Waals surface area contributed by atoms with Crippen LogP contribution in [0.15, 0.2) is 18.2 Å². The Morgan fingerprint density at radius 3 is 2.94 bits per heavy atom. The molecule has 1 aromatic rings. The van der Waals surface area contributed by atoms with Crippen molar-refractivity contribution in [3.63, 3.8) is 0 Å². The van der Waals surface area contributed by atoms with E-state index in [9.17, 15) is 4.39 Å². The third kappa shape index (κ3) is 2.96. The number of halogens is 1. The molecule has 1 heterocycles. The molecule has 3 nitrogen and oxygen atoms in total. The molecule has 1 aromatic carbocycles. The Hall–Kier alpha value is -1.13. The molecule has 0 saturated carbocycles. The molecule has 0 amide bonds. The van der Waals surface area contributed by atoms with Gasteiger partial charge >= 0.3 is 0 Å². The Kier molecular flexibility index (Phi) is 3.97. The zero-order valence-corrected chi connectivity index (χ0v) is 10.2. The van der Waals surface area contributed by atoms with E-state index in [0.29, 0.717) is 18.2 Å². The van der Waals surface area contributed by atoms with Gasteiger partial charge in [0.1, 0.15) is 11.6 Å². The van der Waals surface area contributed by atoms with Crippen LogP contribution in [0.4, 0.5) is 4.39 Å². The van der Waals surface area contributed by atoms with E-state index < -0.39 is 0 Å². The molecule has 4 heteroatoms. The highest BCUT2D eigenvalue weighted by Crippen LogP contribution is 2.21. The molecule has 1 aliphatic heterocycles. The van der Waals surface area contributed by atoms with Crippen molar-refractivity contribution in [2.24, 2.45) is 11.7 Å². The molecule has 2 N–H and O–H groups in total. The molecule has 1 atom stereocenters. The maximum Gasteiger partial charge on any atom is 0.131 e. The summed E-state index contributed by atoms with van der Waals surface area (Å²) in [7, 11) is 1.54. The van der Waals surface area contributed by atoms with Crippen molar-refractivity contribution in [3.05, 3.63) is 29.6 Å². The van der Waals surface area contributed by atoms with E-state index in [2.05, 4.69) is 4.90 Å². The second-order valence-electron chi connectivity index (χ2n) is 4.58. The number of methoxy groups -OCH3 is 1. The summed E-state index contributed by atoms with van der Waals surface area (Å²) in [6, 6.07) is 5.03. The third-order valence-electron chi connectivity index (χ3n) is 3.36. The Bertz CT molecular complexity index is 384. The highest BCUT2D eigenvalue weighted by atomic mass is 19.1. The molecule has 0 bridgehead atoms. The molecular formula is C13H19FN2O. The van der Waals surface area contributed by atoms with Crippen molar-refractivity contribution in [1.29, 1.82) is 0 Å². The predicted molar refractivity (Wildman–Crippen MR) is 65.4 cm³/mol. The first-order chi connectivity index (χ1) is 8.22. The first kappa shape index (κ1) is 12.3. The average Bonchev–Trinajstić information content (AvgIpc) is 2.79. The van der Waals surface area contributed by atoms with Gasteiger partial charge in [-0.3, -0.25) is 4.90 Å². The summed E-state index contributed by atoms with van der Waals surface area (Å²) in [5.41, 5.74) is 6.37. The smallest absolute Gasteiger partial charge is 0.131 e. The molecule has 1 unspecified atom stereocenters. The Labute approximate surface area is 101 Å². The molecule has 0 aliphatic carbocycles. The molecule has 17 heavy (non-hydrogen) atoms. The zero-order valence-electron chi connectivity index (χ0n) is 10.2. The Morgan fingerprint density at radius 2 is 2.35 bits per heavy atom. The number of nitrogens with two attached hydrogens (primary N) is 1. The van der Waals surface area contributed by atoms with Gasteiger partial charge in [-0.25, -0.2) is 4.39 Å². The molecule has 0 radical (unpaired) electrons. The van der Waals surface area contributed by atoms with E-state index in [1.807, 2.05) is 0 Å². The van der Waals surface area contributed by atoms with Gasteiger partial charge in [-0.05, 0) is 31.5 Å². The maximum atomic E-state index is 13.7. The quantitative estimate of drug-likeness (QED) is 0.866. The van der Waals surface area contributed by atoms with Gasteiger partial charge in [0.05, 0.1) is 7.11 Å². The fraction of sp³-hybridized carbons (Fsp3) is 0.538. The topological polar surface area (TPSA) is 38.5 Å². The number of rotatable bonds is 4. The fourth-order valence-electron chi connectivity index (χ4n) is 2.27. The van der Waals surface area contributed by atoms with Gasteiger partial charge in [0, 0.05) is 24.7 Å². The van der Waals surface area contributed by atoms with Crippen LogP contribution in [0.1, 0.15) is 12.0 Å². The predicted octanol–water partition coefficient (Wildman–Crippen LogP) is 1.61. The molecular weight excluding hydrogens is 219 g/mol. The van der Waals surface area contributed by atoms with E-state index >= 15 is 0 Å². The summed E-state index contributed by atoms with van der Waals surface area (Å²) >= 11 is 0. The van der Waals surface area contributed by atoms with Crippen molar-refractivity contribution in [1.82, 2.24) is 4.90 Å². The van der Waals surface area contributed by atoms with E-state index in [1.165, 1.54) is 6.07 Å². The molecule has 1 fully saturated rings. The lowest BCUT2D eigenvalue weighted by atomic mass is 10.1. The highest BCUT2D eigenvalue weighted by molar-refractivity contribution is 5.28. The van der Waals surface area contributed by atoms with Crippen LogP contribution in [0.5, 0.6) is 5.75 Å². The monoisotopic (exact) mass is 238 g/mol. The molecule has 2 rings (SSSR count). The summed E-state index contributed by atoms with van der Waals surface area (Å²) < 4.78 is 18.7. The van der Waals surface area contributed by atoms with Gasteiger partial charge in [-0.15, -0.1) is 0 Å². The van der Waals surface area contributed by atoms with Gasteiger partial charge in [0.15, 0.2) is 0 Å². The summed E-state index contributed by atoms with van der Waals surface area (Å²) in [6.07, 6.45) is 1.12. The minimum atomic E-state index is -0.194. The van der Waals surface area contributed by atoms with Crippen LogP contribution < -0.4 is 10.5 Å². The van der Waals surface area contributed by atoms with Gasteiger partial charge in [-0.2, -0.15) is 0 Å². The second kappa shape index (κ2) is 5.47. The molecule has 1 saturated heterocycles. The number of hydrogen-bond acceptors (Lipinski definition) is 3. The minimum absolute atomic E-state index is 0.194. The van der Waals surface area contributed by atoms with Crippen molar-refractivity contribution in [2.45, 2.75) is 13.0 Å².